The number of carboxylic acids is 1. The number of aromatic carboxylic acids is 1. The van der Waals surface area contributed by atoms with Gasteiger partial charge in [-0.05, 0) is 24.3 Å². The van der Waals surface area contributed by atoms with Gasteiger partial charge in [-0.25, -0.2) is 9.18 Å². The molecular weight excluding hydrogens is 273 g/mol. The first-order chi connectivity index (χ1) is 9.02. The predicted octanol–water partition coefficient (Wildman–Crippen LogP) is 2.68. The fraction of sp³-hybridized carbons (Fsp3) is 0.0833. The molecule has 0 fully saturated rings. The second-order valence-electron chi connectivity index (χ2n) is 3.67. The summed E-state index contributed by atoms with van der Waals surface area (Å²) in [7, 11) is 1.52. The zero-order valence-electron chi connectivity index (χ0n) is 9.82. The minimum Gasteiger partial charge on any atom is -0.478 e. The molecule has 0 bridgehead atoms. The molecule has 0 spiro atoms. The summed E-state index contributed by atoms with van der Waals surface area (Å²) in [5.74, 6) is -1.62. The van der Waals surface area contributed by atoms with Crippen LogP contribution in [-0.2, 0) is 0 Å². The van der Waals surface area contributed by atoms with Gasteiger partial charge in [0.25, 0.3) is 0 Å². The summed E-state index contributed by atoms with van der Waals surface area (Å²) in [6.45, 7) is 0. The van der Waals surface area contributed by atoms with E-state index in [1.165, 1.54) is 31.3 Å². The topological polar surface area (TPSA) is 75.1 Å². The summed E-state index contributed by atoms with van der Waals surface area (Å²) in [6, 6.07) is 5.20. The van der Waals surface area contributed by atoms with Gasteiger partial charge in [-0.2, -0.15) is 0 Å². The van der Waals surface area contributed by atoms with Crippen molar-refractivity contribution in [1.29, 1.82) is 0 Å². The monoisotopic (exact) mass is 281 g/mol. The van der Waals surface area contributed by atoms with Gasteiger partial charge in [0.2, 0.25) is 0 Å². The van der Waals surface area contributed by atoms with Crippen molar-refractivity contribution in [2.24, 2.45) is 0 Å². The van der Waals surface area contributed by atoms with Crippen LogP contribution in [-0.4, -0.2) is 28.3 Å². The van der Waals surface area contributed by atoms with Crippen LogP contribution in [0, 0.1) is 5.82 Å². The highest BCUT2D eigenvalue weighted by atomic mass is 35.5. The third kappa shape index (κ3) is 2.63. The Labute approximate surface area is 113 Å². The third-order valence-electron chi connectivity index (χ3n) is 2.47. The lowest BCUT2D eigenvalue weighted by Gasteiger charge is -2.07. The normalized spacial score (nSPS) is 10.3. The van der Waals surface area contributed by atoms with Crippen molar-refractivity contribution in [3.63, 3.8) is 0 Å². The van der Waals surface area contributed by atoms with Crippen LogP contribution in [0.5, 0.6) is 0 Å². The van der Waals surface area contributed by atoms with E-state index in [4.69, 9.17) is 16.7 Å². The van der Waals surface area contributed by atoms with Gasteiger partial charge >= 0.3 is 5.97 Å². The molecule has 1 aromatic carbocycles. The molecule has 0 amide bonds. The van der Waals surface area contributed by atoms with Gasteiger partial charge in [0, 0.05) is 17.6 Å². The Kier molecular flexibility index (Phi) is 3.62. The number of hydrogen-bond donors (Lipinski definition) is 2. The fourth-order valence-corrected chi connectivity index (χ4v) is 1.74. The van der Waals surface area contributed by atoms with Crippen molar-refractivity contribution in [1.82, 2.24) is 10.2 Å². The van der Waals surface area contributed by atoms with E-state index < -0.39 is 11.8 Å². The van der Waals surface area contributed by atoms with Gasteiger partial charge < -0.3 is 10.4 Å². The van der Waals surface area contributed by atoms with Crippen molar-refractivity contribution in [2.75, 3.05) is 12.4 Å². The van der Waals surface area contributed by atoms with Gasteiger partial charge in [0.15, 0.2) is 5.82 Å². The Balaban J connectivity index is 2.60. The summed E-state index contributed by atoms with van der Waals surface area (Å²) in [5.41, 5.74) is 0.119. The molecule has 98 valence electrons. The van der Waals surface area contributed by atoms with E-state index in [9.17, 15) is 9.18 Å². The Hall–Kier alpha value is -2.21. The largest absolute Gasteiger partial charge is 0.478 e. The molecule has 2 N–H and O–H groups in total. The van der Waals surface area contributed by atoms with E-state index in [0.29, 0.717) is 5.02 Å². The molecule has 2 aromatic rings. The van der Waals surface area contributed by atoms with Crippen molar-refractivity contribution in [3.8, 4) is 11.3 Å². The van der Waals surface area contributed by atoms with E-state index in [0.717, 1.165) is 0 Å². The average molecular weight is 282 g/mol. The van der Waals surface area contributed by atoms with E-state index in [1.54, 1.807) is 0 Å². The summed E-state index contributed by atoms with van der Waals surface area (Å²) in [4.78, 5) is 11.1. The van der Waals surface area contributed by atoms with Crippen LogP contribution >= 0.6 is 11.6 Å². The number of rotatable bonds is 3. The van der Waals surface area contributed by atoms with Crippen LogP contribution in [0.1, 0.15) is 10.4 Å². The number of hydrogen-bond acceptors (Lipinski definition) is 4. The molecular formula is C12H9ClFN3O2. The first-order valence-corrected chi connectivity index (χ1v) is 5.65. The average Bonchev–Trinajstić information content (AvgIpc) is 2.40. The smallest absolute Gasteiger partial charge is 0.339 e. The maximum absolute atomic E-state index is 13.7. The lowest BCUT2D eigenvalue weighted by Crippen LogP contribution is -2.07. The van der Waals surface area contributed by atoms with Crippen LogP contribution in [0.2, 0.25) is 5.02 Å². The SMILES string of the molecule is CNc1nnc(-c2cc(Cl)ccc2F)cc1C(=O)O. The highest BCUT2D eigenvalue weighted by Gasteiger charge is 2.15. The summed E-state index contributed by atoms with van der Waals surface area (Å²) in [5, 5.41) is 19.5. The standard InChI is InChI=1S/C12H9ClFN3O2/c1-15-11-8(12(18)19)5-10(16-17-11)7-4-6(13)2-3-9(7)14/h2-5H,1H3,(H,15,17)(H,18,19). The van der Waals surface area contributed by atoms with Crippen molar-refractivity contribution < 1.29 is 14.3 Å². The van der Waals surface area contributed by atoms with Crippen LogP contribution in [0.25, 0.3) is 11.3 Å². The van der Waals surface area contributed by atoms with Gasteiger partial charge in [0.1, 0.15) is 11.4 Å². The van der Waals surface area contributed by atoms with E-state index in [2.05, 4.69) is 15.5 Å². The molecule has 1 aromatic heterocycles. The number of anilines is 1. The molecule has 0 atom stereocenters. The summed E-state index contributed by atoms with van der Waals surface area (Å²) < 4.78 is 13.7. The van der Waals surface area contributed by atoms with E-state index in [1.807, 2.05) is 0 Å². The molecule has 1 heterocycles. The molecule has 19 heavy (non-hydrogen) atoms. The minimum absolute atomic E-state index is 0.0909. The van der Waals surface area contributed by atoms with Crippen molar-refractivity contribution in [2.45, 2.75) is 0 Å². The first-order valence-electron chi connectivity index (χ1n) is 5.27. The Bertz CT molecular complexity index is 649. The molecule has 0 saturated carbocycles. The zero-order chi connectivity index (χ0) is 14.0. The molecule has 7 heteroatoms. The number of aromatic nitrogens is 2. The first kappa shape index (κ1) is 13.2. The number of carbonyl (C=O) groups is 1. The highest BCUT2D eigenvalue weighted by Crippen LogP contribution is 2.26. The van der Waals surface area contributed by atoms with Crippen molar-refractivity contribution in [3.05, 3.63) is 40.7 Å². The molecule has 2 rings (SSSR count). The van der Waals surface area contributed by atoms with Gasteiger partial charge in [-0.15, -0.1) is 10.2 Å². The van der Waals surface area contributed by atoms with Crippen molar-refractivity contribution >= 4 is 23.4 Å². The van der Waals surface area contributed by atoms with Crippen LogP contribution in [0.3, 0.4) is 0 Å². The molecule has 5 nitrogen and oxygen atoms in total. The lowest BCUT2D eigenvalue weighted by atomic mass is 10.1. The second-order valence-corrected chi connectivity index (χ2v) is 4.11. The molecule has 0 radical (unpaired) electrons. The van der Waals surface area contributed by atoms with Gasteiger partial charge in [-0.1, -0.05) is 11.6 Å². The fourth-order valence-electron chi connectivity index (χ4n) is 1.56. The Morgan fingerprint density at radius 1 is 1.37 bits per heavy atom. The zero-order valence-corrected chi connectivity index (χ0v) is 10.6. The quantitative estimate of drug-likeness (QED) is 0.905. The highest BCUT2D eigenvalue weighted by molar-refractivity contribution is 6.30. The number of halogens is 2. The number of nitrogens with one attached hydrogen (secondary N) is 1. The van der Waals surface area contributed by atoms with Crippen LogP contribution in [0.4, 0.5) is 10.2 Å². The third-order valence-corrected chi connectivity index (χ3v) is 2.70. The summed E-state index contributed by atoms with van der Waals surface area (Å²) >= 11 is 5.78. The Morgan fingerprint density at radius 3 is 2.74 bits per heavy atom. The van der Waals surface area contributed by atoms with E-state index >= 15 is 0 Å². The molecule has 0 aliphatic rings. The molecule has 0 saturated heterocycles. The maximum Gasteiger partial charge on any atom is 0.339 e. The van der Waals surface area contributed by atoms with E-state index in [-0.39, 0.29) is 22.6 Å². The van der Waals surface area contributed by atoms with Crippen LogP contribution in [0.15, 0.2) is 24.3 Å². The minimum atomic E-state index is -1.18. The number of nitrogens with zero attached hydrogens (tertiary/aromatic N) is 2. The van der Waals surface area contributed by atoms with Gasteiger partial charge in [-0.3, -0.25) is 0 Å². The second kappa shape index (κ2) is 5.19. The molecule has 0 unspecified atom stereocenters. The van der Waals surface area contributed by atoms with Gasteiger partial charge in [0.05, 0.1) is 5.69 Å². The number of benzene rings is 1. The van der Waals surface area contributed by atoms with Crippen LogP contribution < -0.4 is 5.32 Å². The Morgan fingerprint density at radius 2 is 2.11 bits per heavy atom. The lowest BCUT2D eigenvalue weighted by molar-refractivity contribution is 0.0697. The maximum atomic E-state index is 13.7. The predicted molar refractivity (Wildman–Crippen MR) is 68.9 cm³/mol. The molecule has 0 aliphatic carbocycles. The number of carboxylic acid groups (broad SMARTS) is 1. The summed E-state index contributed by atoms with van der Waals surface area (Å²) in [6.07, 6.45) is 0. The molecule has 0 aliphatic heterocycles.